The molecule has 0 rings (SSSR count). The highest BCUT2D eigenvalue weighted by molar-refractivity contribution is 7.47. The van der Waals surface area contributed by atoms with Gasteiger partial charge in [0.2, 0.25) is 0 Å². The smallest absolute Gasteiger partial charge is 0.462 e. The second-order valence-corrected chi connectivity index (χ2v) is 33.1. The van der Waals surface area contributed by atoms with Crippen LogP contribution in [0.4, 0.5) is 0 Å². The second-order valence-electron chi connectivity index (χ2n) is 30.2. The van der Waals surface area contributed by atoms with Crippen molar-refractivity contribution < 1.29 is 80.2 Å². The van der Waals surface area contributed by atoms with Gasteiger partial charge < -0.3 is 33.8 Å². The minimum atomic E-state index is -4.96. The normalized spacial score (nSPS) is 14.6. The highest BCUT2D eigenvalue weighted by Gasteiger charge is 2.30. The number of unbranched alkanes of at least 4 members (excludes halogenated alkanes) is 41. The summed E-state index contributed by atoms with van der Waals surface area (Å²) in [5.74, 6) is 1.02. The summed E-state index contributed by atoms with van der Waals surface area (Å²) in [5.41, 5.74) is 0. The molecule has 0 aliphatic heterocycles. The molecule has 0 fully saturated rings. The number of hydrogen-bond donors (Lipinski definition) is 3. The maximum atomic E-state index is 13.1. The van der Waals surface area contributed by atoms with Gasteiger partial charge in [-0.3, -0.25) is 37.3 Å². The summed E-state index contributed by atoms with van der Waals surface area (Å²) in [6.45, 7) is 14.3. The van der Waals surface area contributed by atoms with Gasteiger partial charge in [-0.1, -0.05) is 357 Å². The van der Waals surface area contributed by atoms with Crippen LogP contribution in [-0.4, -0.2) is 96.7 Å². The number of esters is 4. The molecule has 0 aromatic carbocycles. The van der Waals surface area contributed by atoms with Crippen LogP contribution in [0, 0.1) is 23.7 Å². The van der Waals surface area contributed by atoms with Crippen molar-refractivity contribution in [2.75, 3.05) is 39.6 Å². The fraction of sp³-hybridized carbons (Fsp3) is 0.950. The van der Waals surface area contributed by atoms with Crippen molar-refractivity contribution in [2.45, 2.75) is 427 Å². The van der Waals surface area contributed by atoms with Crippen LogP contribution >= 0.6 is 15.6 Å². The van der Waals surface area contributed by atoms with Crippen LogP contribution in [0.15, 0.2) is 0 Å². The van der Waals surface area contributed by atoms with Gasteiger partial charge in [0.25, 0.3) is 0 Å². The Kier molecular flexibility index (Phi) is 67.8. The SMILES string of the molecule is CCC(C)CCCCCCCCCCCCCCCCCCCCC(=O)O[C@H](COC(=O)CCCCCCCCCCCCC(C)C)COP(=O)(O)OCC(O)COP(=O)(O)OC[C@@H](COC(=O)CCCCCCCCCC(C)C)OC(=O)CCCCCCCCCCCCC(C)CC. The monoisotopic (exact) mass is 1450 g/mol. The standard InChI is InChI=1S/C80H156O17P2/c1-9-72(7)58-50-42-34-26-19-17-15-13-11-12-14-16-18-20-29-37-46-54-62-79(84)96-75(66-90-77(82)60-52-44-36-28-23-21-25-32-40-48-56-70(3)4)68-94-98(86,87)92-64-74(81)65-93-99(88,89)95-69-76(67-91-78(83)61-53-45-39-31-33-41-49-57-71(5)6)97-80(85)63-55-47-38-30-24-22-27-35-43-51-59-73(8)10-2/h70-76,81H,9-69H2,1-8H3,(H,86,87)(H,88,89)/t72?,73?,74?,75-,76-/m1/s1. The van der Waals surface area contributed by atoms with E-state index in [2.05, 4.69) is 55.4 Å². The van der Waals surface area contributed by atoms with Crippen LogP contribution in [0.2, 0.25) is 0 Å². The van der Waals surface area contributed by atoms with E-state index >= 15 is 0 Å². The Balaban J connectivity index is 5.21. The first-order chi connectivity index (χ1) is 47.7. The molecule has 17 nitrogen and oxygen atoms in total. The lowest BCUT2D eigenvalue weighted by Crippen LogP contribution is -2.30. The van der Waals surface area contributed by atoms with Crippen LogP contribution in [-0.2, 0) is 65.4 Å². The summed E-state index contributed by atoms with van der Waals surface area (Å²) >= 11 is 0. The molecule has 0 aliphatic carbocycles. The molecule has 0 aromatic heterocycles. The molecular formula is C80H156O17P2. The molecule has 0 heterocycles. The van der Waals surface area contributed by atoms with E-state index in [0.717, 1.165) is 114 Å². The van der Waals surface area contributed by atoms with Crippen molar-refractivity contribution in [2.24, 2.45) is 23.7 Å². The summed E-state index contributed by atoms with van der Waals surface area (Å²) in [5, 5.41) is 10.6. The van der Waals surface area contributed by atoms with Gasteiger partial charge in [-0.15, -0.1) is 0 Å². The first kappa shape index (κ1) is 97.1. The first-order valence-electron chi connectivity index (χ1n) is 41.3. The van der Waals surface area contributed by atoms with E-state index in [1.54, 1.807) is 0 Å². The summed E-state index contributed by atoms with van der Waals surface area (Å²) in [4.78, 5) is 72.9. The van der Waals surface area contributed by atoms with Gasteiger partial charge in [-0.2, -0.15) is 0 Å². The lowest BCUT2D eigenvalue weighted by Gasteiger charge is -2.21. The number of aliphatic hydroxyl groups is 1. The number of phosphoric ester groups is 2. The molecule has 0 aromatic rings. The highest BCUT2D eigenvalue weighted by atomic mass is 31.2. The van der Waals surface area contributed by atoms with E-state index in [-0.39, 0.29) is 25.7 Å². The Morgan fingerprint density at radius 1 is 0.283 bits per heavy atom. The summed E-state index contributed by atoms with van der Waals surface area (Å²) in [6.07, 6.45) is 55.5. The zero-order valence-electron chi connectivity index (χ0n) is 65.1. The van der Waals surface area contributed by atoms with Gasteiger partial charge >= 0.3 is 39.5 Å². The van der Waals surface area contributed by atoms with Crippen LogP contribution in [0.25, 0.3) is 0 Å². The van der Waals surface area contributed by atoms with Gasteiger partial charge in [-0.25, -0.2) is 9.13 Å². The van der Waals surface area contributed by atoms with Crippen molar-refractivity contribution in [1.29, 1.82) is 0 Å². The zero-order valence-corrected chi connectivity index (χ0v) is 66.9. The number of phosphoric acid groups is 2. The predicted molar refractivity (Wildman–Crippen MR) is 404 cm³/mol. The van der Waals surface area contributed by atoms with Crippen LogP contribution in [0.3, 0.4) is 0 Å². The molecule has 5 unspecified atom stereocenters. The van der Waals surface area contributed by atoms with Crippen molar-refractivity contribution in [1.82, 2.24) is 0 Å². The molecule has 7 atom stereocenters. The lowest BCUT2D eigenvalue weighted by molar-refractivity contribution is -0.161. The second kappa shape index (κ2) is 69.1. The van der Waals surface area contributed by atoms with Crippen LogP contribution in [0.5, 0.6) is 0 Å². The molecule has 0 saturated carbocycles. The minimum absolute atomic E-state index is 0.105. The summed E-state index contributed by atoms with van der Waals surface area (Å²) in [7, 11) is -9.92. The van der Waals surface area contributed by atoms with E-state index in [4.69, 9.17) is 37.0 Å². The maximum absolute atomic E-state index is 13.1. The van der Waals surface area contributed by atoms with Crippen molar-refractivity contribution in [3.8, 4) is 0 Å². The fourth-order valence-electron chi connectivity index (χ4n) is 12.2. The van der Waals surface area contributed by atoms with Crippen LogP contribution in [0.1, 0.15) is 409 Å². The molecule has 19 heteroatoms. The molecule has 99 heavy (non-hydrogen) atoms. The minimum Gasteiger partial charge on any atom is -0.462 e. The highest BCUT2D eigenvalue weighted by Crippen LogP contribution is 2.45. The zero-order chi connectivity index (χ0) is 73.1. The predicted octanol–water partition coefficient (Wildman–Crippen LogP) is 23.6. The molecule has 0 spiro atoms. The average Bonchev–Trinajstić information content (AvgIpc) is 1.15. The fourth-order valence-corrected chi connectivity index (χ4v) is 13.8. The third-order valence-corrected chi connectivity index (χ3v) is 21.2. The molecule has 3 N–H and O–H groups in total. The van der Waals surface area contributed by atoms with E-state index in [0.29, 0.717) is 31.6 Å². The Morgan fingerprint density at radius 3 is 0.717 bits per heavy atom. The van der Waals surface area contributed by atoms with E-state index < -0.39 is 97.5 Å². The average molecular weight is 1450 g/mol. The van der Waals surface area contributed by atoms with Crippen molar-refractivity contribution in [3.05, 3.63) is 0 Å². The molecule has 0 bridgehead atoms. The number of carbonyl (C=O) groups excluding carboxylic acids is 4. The first-order valence-corrected chi connectivity index (χ1v) is 44.3. The summed E-state index contributed by atoms with van der Waals surface area (Å²) < 4.78 is 68.6. The van der Waals surface area contributed by atoms with Gasteiger partial charge in [0.15, 0.2) is 12.2 Å². The largest absolute Gasteiger partial charge is 0.472 e. The third-order valence-electron chi connectivity index (χ3n) is 19.3. The van der Waals surface area contributed by atoms with Crippen molar-refractivity contribution in [3.63, 3.8) is 0 Å². The van der Waals surface area contributed by atoms with Gasteiger partial charge in [-0.05, 0) is 49.4 Å². The van der Waals surface area contributed by atoms with Gasteiger partial charge in [0.1, 0.15) is 19.3 Å². The quantitative estimate of drug-likeness (QED) is 0.0222. The Bertz CT molecular complexity index is 1940. The topological polar surface area (TPSA) is 237 Å². The molecule has 0 aliphatic rings. The molecule has 0 saturated heterocycles. The number of hydrogen-bond acceptors (Lipinski definition) is 15. The molecule has 0 radical (unpaired) electrons. The van der Waals surface area contributed by atoms with Crippen molar-refractivity contribution >= 4 is 39.5 Å². The Labute approximate surface area is 607 Å². The number of rotatable bonds is 77. The summed E-state index contributed by atoms with van der Waals surface area (Å²) in [6, 6.07) is 0. The maximum Gasteiger partial charge on any atom is 0.472 e. The molecular weight excluding hydrogens is 1290 g/mol. The van der Waals surface area contributed by atoms with Gasteiger partial charge in [0.05, 0.1) is 26.4 Å². The number of carbonyl (C=O) groups is 4. The molecule has 0 amide bonds. The third kappa shape index (κ3) is 71.5. The number of aliphatic hydroxyl groups excluding tert-OH is 1. The molecule has 588 valence electrons. The Morgan fingerprint density at radius 2 is 0.485 bits per heavy atom. The number of ether oxygens (including phenoxy) is 4. The van der Waals surface area contributed by atoms with E-state index in [1.165, 1.54) is 205 Å². The van der Waals surface area contributed by atoms with Crippen LogP contribution < -0.4 is 0 Å². The lowest BCUT2D eigenvalue weighted by atomic mass is 9.99. The Hall–Kier alpha value is -1.94. The van der Waals surface area contributed by atoms with E-state index in [1.807, 2.05) is 0 Å². The van der Waals surface area contributed by atoms with E-state index in [9.17, 15) is 43.2 Å². The van der Waals surface area contributed by atoms with Gasteiger partial charge in [0, 0.05) is 25.7 Å².